The first-order valence-electron chi connectivity index (χ1n) is 15.1. The van der Waals surface area contributed by atoms with Crippen LogP contribution in [0.25, 0.3) is 0 Å². The van der Waals surface area contributed by atoms with Gasteiger partial charge in [-0.1, -0.05) is 85.3 Å². The van der Waals surface area contributed by atoms with Crippen molar-refractivity contribution in [3.8, 4) is 5.75 Å². The molecule has 0 aliphatic carbocycles. The fourth-order valence-corrected chi connectivity index (χ4v) is 6.70. The van der Waals surface area contributed by atoms with E-state index < -0.39 is 28.5 Å². The molecule has 0 heterocycles. The van der Waals surface area contributed by atoms with Gasteiger partial charge in [-0.2, -0.15) is 0 Å². The minimum Gasteiger partial charge on any atom is -0.497 e. The van der Waals surface area contributed by atoms with Crippen LogP contribution >= 0.6 is 11.6 Å². The molecule has 8 nitrogen and oxygen atoms in total. The van der Waals surface area contributed by atoms with Crippen molar-refractivity contribution < 1.29 is 22.7 Å². The third kappa shape index (κ3) is 8.68. The molecular formula is C36H40ClN3O5S. The number of carbonyl (C=O) groups excluding carboxylic acids is 2. The highest BCUT2D eigenvalue weighted by atomic mass is 35.5. The summed E-state index contributed by atoms with van der Waals surface area (Å²) in [6.45, 7) is 5.10. The molecule has 0 saturated carbocycles. The summed E-state index contributed by atoms with van der Waals surface area (Å²) >= 11 is 6.35. The van der Waals surface area contributed by atoms with Crippen LogP contribution in [0.5, 0.6) is 5.75 Å². The number of hydrogen-bond donors (Lipinski definition) is 1. The highest BCUT2D eigenvalue weighted by molar-refractivity contribution is 7.92. The Hall–Kier alpha value is -4.34. The molecule has 0 bridgehead atoms. The number of amides is 2. The van der Waals surface area contributed by atoms with Crippen molar-refractivity contribution in [3.63, 3.8) is 0 Å². The average Bonchev–Trinajstić information content (AvgIpc) is 3.07. The van der Waals surface area contributed by atoms with Gasteiger partial charge in [-0.05, 0) is 73.4 Å². The predicted octanol–water partition coefficient (Wildman–Crippen LogP) is 6.41. The lowest BCUT2D eigenvalue weighted by Gasteiger charge is -2.34. The number of carbonyl (C=O) groups is 2. The smallest absolute Gasteiger partial charge is 0.264 e. The number of sulfonamides is 1. The van der Waals surface area contributed by atoms with Crippen molar-refractivity contribution in [2.45, 2.75) is 57.1 Å². The quantitative estimate of drug-likeness (QED) is 0.169. The second kappa shape index (κ2) is 15.8. The second-order valence-electron chi connectivity index (χ2n) is 11.2. The van der Waals surface area contributed by atoms with Gasteiger partial charge in [-0.15, -0.1) is 0 Å². The molecule has 0 aromatic heterocycles. The highest BCUT2D eigenvalue weighted by Gasteiger charge is 2.35. The topological polar surface area (TPSA) is 96.0 Å². The Morgan fingerprint density at radius 1 is 0.891 bits per heavy atom. The molecule has 0 aliphatic rings. The van der Waals surface area contributed by atoms with Crippen LogP contribution in [0.1, 0.15) is 37.0 Å². The molecular weight excluding hydrogens is 622 g/mol. The van der Waals surface area contributed by atoms with Crippen LogP contribution < -0.4 is 14.4 Å². The molecule has 242 valence electrons. The number of anilines is 1. The summed E-state index contributed by atoms with van der Waals surface area (Å²) < 4.78 is 34.9. The van der Waals surface area contributed by atoms with Gasteiger partial charge in [0.2, 0.25) is 11.8 Å². The van der Waals surface area contributed by atoms with Gasteiger partial charge in [-0.25, -0.2) is 8.42 Å². The fraction of sp³-hybridized carbons (Fsp3) is 0.278. The SMILES string of the molecule is CC[C@H](C)NC(=O)[C@H](Cc1ccccc1)N(Cc1cccc(OC)c1)C(=O)CN(c1cc(Cl)ccc1C)S(=O)(=O)c1ccccc1. The van der Waals surface area contributed by atoms with Crippen molar-refractivity contribution in [3.05, 3.63) is 125 Å². The summed E-state index contributed by atoms with van der Waals surface area (Å²) in [7, 11) is -2.67. The maximum atomic E-state index is 14.6. The van der Waals surface area contributed by atoms with E-state index in [1.165, 1.54) is 23.1 Å². The lowest BCUT2D eigenvalue weighted by Crippen LogP contribution is -2.54. The zero-order valence-corrected chi connectivity index (χ0v) is 28.1. The Morgan fingerprint density at radius 3 is 2.20 bits per heavy atom. The number of ether oxygens (including phenoxy) is 1. The summed E-state index contributed by atoms with van der Waals surface area (Å²) in [5, 5.41) is 3.37. The monoisotopic (exact) mass is 661 g/mol. The second-order valence-corrected chi connectivity index (χ2v) is 13.5. The Bertz CT molecular complexity index is 1740. The Kier molecular flexibility index (Phi) is 11.8. The zero-order valence-electron chi connectivity index (χ0n) is 26.5. The molecule has 0 radical (unpaired) electrons. The zero-order chi connectivity index (χ0) is 33.3. The Morgan fingerprint density at radius 2 is 1.54 bits per heavy atom. The molecule has 0 saturated heterocycles. The summed E-state index contributed by atoms with van der Waals surface area (Å²) in [4.78, 5) is 30.1. The maximum absolute atomic E-state index is 14.6. The molecule has 0 aliphatic heterocycles. The van der Waals surface area contributed by atoms with Gasteiger partial charge in [0, 0.05) is 24.0 Å². The van der Waals surface area contributed by atoms with Gasteiger partial charge >= 0.3 is 0 Å². The van der Waals surface area contributed by atoms with E-state index in [4.69, 9.17) is 16.3 Å². The Labute approximate surface area is 277 Å². The first kappa shape index (κ1) is 34.5. The summed E-state index contributed by atoms with van der Waals surface area (Å²) in [6.07, 6.45) is 0.922. The first-order valence-corrected chi connectivity index (χ1v) is 17.0. The van der Waals surface area contributed by atoms with Crippen molar-refractivity contribution in [2.75, 3.05) is 18.0 Å². The fourth-order valence-electron chi connectivity index (χ4n) is 5.05. The van der Waals surface area contributed by atoms with Gasteiger partial charge in [-0.3, -0.25) is 13.9 Å². The maximum Gasteiger partial charge on any atom is 0.264 e. The van der Waals surface area contributed by atoms with Crippen LogP contribution in [0.15, 0.2) is 108 Å². The van der Waals surface area contributed by atoms with E-state index in [-0.39, 0.29) is 35.5 Å². The van der Waals surface area contributed by atoms with Gasteiger partial charge in [0.1, 0.15) is 18.3 Å². The molecule has 4 aromatic carbocycles. The summed E-state index contributed by atoms with van der Waals surface area (Å²) in [5.41, 5.74) is 2.47. The van der Waals surface area contributed by atoms with Crippen LogP contribution in [0.3, 0.4) is 0 Å². The van der Waals surface area contributed by atoms with Gasteiger partial charge in [0.15, 0.2) is 0 Å². The number of hydrogen-bond acceptors (Lipinski definition) is 5. The van der Waals surface area contributed by atoms with Crippen molar-refractivity contribution in [2.24, 2.45) is 0 Å². The van der Waals surface area contributed by atoms with E-state index in [0.29, 0.717) is 22.8 Å². The lowest BCUT2D eigenvalue weighted by molar-refractivity contribution is -0.140. The highest BCUT2D eigenvalue weighted by Crippen LogP contribution is 2.30. The van der Waals surface area contributed by atoms with E-state index in [2.05, 4.69) is 5.32 Å². The summed E-state index contributed by atoms with van der Waals surface area (Å²) in [6, 6.07) is 28.5. The standard InChI is InChI=1S/C36H40ClN3O5S/c1-5-27(3)38-36(42)34(22-28-13-8-6-9-14-28)39(24-29-15-12-16-31(21-29)45-4)35(41)25-40(33-23-30(37)20-19-26(33)2)46(43,44)32-17-10-7-11-18-32/h6-21,23,27,34H,5,22,24-25H2,1-4H3,(H,38,42)/t27-,34-/m0/s1. The minimum atomic E-state index is -4.23. The number of nitrogens with one attached hydrogen (secondary N) is 1. The van der Waals surface area contributed by atoms with Gasteiger partial charge < -0.3 is 15.0 Å². The molecule has 2 amide bonds. The molecule has 0 fully saturated rings. The number of nitrogens with zero attached hydrogens (tertiary/aromatic N) is 2. The van der Waals surface area contributed by atoms with Gasteiger partial charge in [0.05, 0.1) is 17.7 Å². The number of aryl methyl sites for hydroxylation is 1. The predicted molar refractivity (Wildman–Crippen MR) is 183 cm³/mol. The van der Waals surface area contributed by atoms with Crippen LogP contribution in [-0.2, 0) is 32.6 Å². The molecule has 0 spiro atoms. The largest absolute Gasteiger partial charge is 0.497 e. The van der Waals surface area contributed by atoms with Crippen LogP contribution in [-0.4, -0.2) is 50.9 Å². The lowest BCUT2D eigenvalue weighted by atomic mass is 10.0. The molecule has 4 rings (SSSR count). The van der Waals surface area contributed by atoms with E-state index in [9.17, 15) is 18.0 Å². The minimum absolute atomic E-state index is 0.0249. The third-order valence-corrected chi connectivity index (χ3v) is 9.82. The van der Waals surface area contributed by atoms with E-state index in [1.54, 1.807) is 56.5 Å². The Balaban J connectivity index is 1.84. The summed E-state index contributed by atoms with van der Waals surface area (Å²) in [5.74, 6) is -0.288. The van der Waals surface area contributed by atoms with Crippen LogP contribution in [0.2, 0.25) is 5.02 Å². The number of benzene rings is 4. The van der Waals surface area contributed by atoms with Crippen LogP contribution in [0.4, 0.5) is 5.69 Å². The number of methoxy groups -OCH3 is 1. The average molecular weight is 662 g/mol. The van der Waals surface area contributed by atoms with E-state index in [0.717, 1.165) is 15.4 Å². The number of rotatable bonds is 14. The molecule has 46 heavy (non-hydrogen) atoms. The molecule has 0 unspecified atom stereocenters. The van der Waals surface area contributed by atoms with Crippen molar-refractivity contribution >= 4 is 39.1 Å². The van der Waals surface area contributed by atoms with E-state index >= 15 is 0 Å². The van der Waals surface area contributed by atoms with Gasteiger partial charge in [0.25, 0.3) is 10.0 Å². The molecule has 4 aromatic rings. The molecule has 10 heteroatoms. The number of halogens is 1. The van der Waals surface area contributed by atoms with Crippen molar-refractivity contribution in [1.29, 1.82) is 0 Å². The first-order chi connectivity index (χ1) is 22.0. The molecule has 1 N–H and O–H groups in total. The normalized spacial score (nSPS) is 12.5. The van der Waals surface area contributed by atoms with Crippen molar-refractivity contribution in [1.82, 2.24) is 10.2 Å². The molecule has 2 atom stereocenters. The van der Waals surface area contributed by atoms with E-state index in [1.807, 2.05) is 56.3 Å². The van der Waals surface area contributed by atoms with Crippen LogP contribution in [0, 0.1) is 6.92 Å². The third-order valence-electron chi connectivity index (χ3n) is 7.81.